The maximum atomic E-state index is 6.04. The summed E-state index contributed by atoms with van der Waals surface area (Å²) < 4.78 is 0. The van der Waals surface area contributed by atoms with Crippen molar-refractivity contribution in [1.29, 1.82) is 0 Å². The summed E-state index contributed by atoms with van der Waals surface area (Å²) in [6.45, 7) is 3.94. The number of aromatic amines is 1. The van der Waals surface area contributed by atoms with Gasteiger partial charge in [0.25, 0.3) is 0 Å². The molecule has 1 heterocycles. The molecule has 1 aromatic carbocycles. The van der Waals surface area contributed by atoms with E-state index in [9.17, 15) is 0 Å². The number of nitrogens with zero attached hydrogens (tertiary/aromatic N) is 1. The predicted molar refractivity (Wildman–Crippen MR) is 58.5 cm³/mol. The topological polar surface area (TPSA) is 28.7 Å². The van der Waals surface area contributed by atoms with Crippen LogP contribution in [0, 0.1) is 13.8 Å². The largest absolute Gasteiger partial charge is 0.278 e. The van der Waals surface area contributed by atoms with Gasteiger partial charge >= 0.3 is 0 Å². The number of benzene rings is 1. The molecule has 0 saturated carbocycles. The van der Waals surface area contributed by atoms with Gasteiger partial charge in [0.05, 0.1) is 11.4 Å². The summed E-state index contributed by atoms with van der Waals surface area (Å²) in [4.78, 5) is 0. The highest BCUT2D eigenvalue weighted by Crippen LogP contribution is 2.23. The van der Waals surface area contributed by atoms with Crippen molar-refractivity contribution in [2.45, 2.75) is 13.8 Å². The molecule has 0 unspecified atom stereocenters. The average Bonchev–Trinajstić information content (AvgIpc) is 2.57. The monoisotopic (exact) mass is 206 g/mol. The number of H-pyrrole nitrogens is 1. The van der Waals surface area contributed by atoms with E-state index < -0.39 is 0 Å². The SMILES string of the molecule is Cc1cc(-c2ccc(C)c(Cl)c2)[nH]n1. The molecule has 0 aliphatic rings. The highest BCUT2D eigenvalue weighted by Gasteiger charge is 2.02. The van der Waals surface area contributed by atoms with Crippen LogP contribution in [0.15, 0.2) is 24.3 Å². The van der Waals surface area contributed by atoms with Crippen LogP contribution in [0.1, 0.15) is 11.3 Å². The molecule has 0 radical (unpaired) electrons. The van der Waals surface area contributed by atoms with Crippen molar-refractivity contribution >= 4 is 11.6 Å². The summed E-state index contributed by atoms with van der Waals surface area (Å²) >= 11 is 6.04. The molecular formula is C11H11ClN2. The van der Waals surface area contributed by atoms with Crippen molar-refractivity contribution in [3.8, 4) is 11.3 Å². The fraction of sp³-hybridized carbons (Fsp3) is 0.182. The second-order valence-corrected chi connectivity index (χ2v) is 3.79. The van der Waals surface area contributed by atoms with E-state index in [2.05, 4.69) is 10.2 Å². The molecule has 2 nitrogen and oxygen atoms in total. The van der Waals surface area contributed by atoms with Crippen molar-refractivity contribution in [3.05, 3.63) is 40.5 Å². The summed E-state index contributed by atoms with van der Waals surface area (Å²) in [5.41, 5.74) is 4.15. The molecule has 2 aromatic rings. The second kappa shape index (κ2) is 3.46. The maximum absolute atomic E-state index is 6.04. The van der Waals surface area contributed by atoms with Crippen LogP contribution in [-0.2, 0) is 0 Å². The zero-order valence-electron chi connectivity index (χ0n) is 8.13. The lowest BCUT2D eigenvalue weighted by atomic mass is 10.1. The van der Waals surface area contributed by atoms with E-state index in [0.717, 1.165) is 27.5 Å². The molecule has 0 spiro atoms. The number of nitrogens with one attached hydrogen (secondary N) is 1. The molecule has 0 aliphatic heterocycles. The first-order valence-corrected chi connectivity index (χ1v) is 4.83. The van der Waals surface area contributed by atoms with Crippen LogP contribution >= 0.6 is 11.6 Å². The van der Waals surface area contributed by atoms with Gasteiger partial charge in [-0.3, -0.25) is 5.10 Å². The van der Waals surface area contributed by atoms with Crippen LogP contribution in [0.25, 0.3) is 11.3 Å². The van der Waals surface area contributed by atoms with Gasteiger partial charge in [-0.05, 0) is 31.5 Å². The molecule has 0 fully saturated rings. The van der Waals surface area contributed by atoms with Crippen LogP contribution in [0.4, 0.5) is 0 Å². The Morgan fingerprint density at radius 3 is 2.57 bits per heavy atom. The van der Waals surface area contributed by atoms with E-state index in [4.69, 9.17) is 11.6 Å². The third-order valence-electron chi connectivity index (χ3n) is 2.19. The molecular weight excluding hydrogens is 196 g/mol. The Bertz CT molecular complexity index is 460. The fourth-order valence-corrected chi connectivity index (χ4v) is 1.51. The van der Waals surface area contributed by atoms with Crippen LogP contribution in [0.5, 0.6) is 0 Å². The third-order valence-corrected chi connectivity index (χ3v) is 2.60. The minimum absolute atomic E-state index is 0.787. The van der Waals surface area contributed by atoms with Crippen molar-refractivity contribution in [2.24, 2.45) is 0 Å². The van der Waals surface area contributed by atoms with Gasteiger partial charge in [0, 0.05) is 10.6 Å². The molecule has 72 valence electrons. The predicted octanol–water partition coefficient (Wildman–Crippen LogP) is 3.35. The van der Waals surface area contributed by atoms with Crippen LogP contribution < -0.4 is 0 Å². The Hall–Kier alpha value is -1.28. The van der Waals surface area contributed by atoms with Crippen molar-refractivity contribution in [2.75, 3.05) is 0 Å². The lowest BCUT2D eigenvalue weighted by Gasteiger charge is -2.00. The highest BCUT2D eigenvalue weighted by atomic mass is 35.5. The molecule has 0 aliphatic carbocycles. The van der Waals surface area contributed by atoms with E-state index in [1.165, 1.54) is 0 Å². The molecule has 1 N–H and O–H groups in total. The summed E-state index contributed by atoms with van der Waals surface area (Å²) in [6, 6.07) is 7.99. The van der Waals surface area contributed by atoms with Crippen molar-refractivity contribution < 1.29 is 0 Å². The van der Waals surface area contributed by atoms with Gasteiger partial charge in [-0.25, -0.2) is 0 Å². The molecule has 0 amide bonds. The molecule has 14 heavy (non-hydrogen) atoms. The Balaban J connectivity index is 2.47. The first kappa shape index (κ1) is 9.28. The minimum atomic E-state index is 0.787. The number of hydrogen-bond acceptors (Lipinski definition) is 1. The Labute approximate surface area is 87.9 Å². The number of aryl methyl sites for hydroxylation is 2. The van der Waals surface area contributed by atoms with Crippen LogP contribution in [-0.4, -0.2) is 10.2 Å². The average molecular weight is 207 g/mol. The van der Waals surface area contributed by atoms with E-state index in [1.807, 2.05) is 38.1 Å². The zero-order valence-corrected chi connectivity index (χ0v) is 8.89. The van der Waals surface area contributed by atoms with Crippen molar-refractivity contribution in [1.82, 2.24) is 10.2 Å². The normalized spacial score (nSPS) is 10.5. The summed E-state index contributed by atoms with van der Waals surface area (Å²) in [7, 11) is 0. The highest BCUT2D eigenvalue weighted by molar-refractivity contribution is 6.31. The van der Waals surface area contributed by atoms with Gasteiger partial charge in [-0.1, -0.05) is 23.7 Å². The quantitative estimate of drug-likeness (QED) is 0.762. The Morgan fingerprint density at radius 1 is 1.21 bits per heavy atom. The number of rotatable bonds is 1. The molecule has 0 atom stereocenters. The lowest BCUT2D eigenvalue weighted by Crippen LogP contribution is -1.80. The first-order valence-electron chi connectivity index (χ1n) is 4.45. The van der Waals surface area contributed by atoms with Gasteiger partial charge in [0.2, 0.25) is 0 Å². The molecule has 2 rings (SSSR count). The number of halogens is 1. The fourth-order valence-electron chi connectivity index (χ4n) is 1.33. The Morgan fingerprint density at radius 2 is 2.00 bits per heavy atom. The van der Waals surface area contributed by atoms with E-state index in [0.29, 0.717) is 0 Å². The lowest BCUT2D eigenvalue weighted by molar-refractivity contribution is 1.05. The number of aromatic nitrogens is 2. The van der Waals surface area contributed by atoms with Gasteiger partial charge in [0.15, 0.2) is 0 Å². The molecule has 1 aromatic heterocycles. The van der Waals surface area contributed by atoms with E-state index in [1.54, 1.807) is 0 Å². The number of hydrogen-bond donors (Lipinski definition) is 1. The van der Waals surface area contributed by atoms with Crippen LogP contribution in [0.3, 0.4) is 0 Å². The van der Waals surface area contributed by atoms with E-state index >= 15 is 0 Å². The van der Waals surface area contributed by atoms with E-state index in [-0.39, 0.29) is 0 Å². The summed E-state index contributed by atoms with van der Waals surface area (Å²) in [5.74, 6) is 0. The summed E-state index contributed by atoms with van der Waals surface area (Å²) in [6.07, 6.45) is 0. The molecule has 0 bridgehead atoms. The zero-order chi connectivity index (χ0) is 10.1. The smallest absolute Gasteiger partial charge is 0.0653 e. The van der Waals surface area contributed by atoms with Gasteiger partial charge < -0.3 is 0 Å². The second-order valence-electron chi connectivity index (χ2n) is 3.39. The van der Waals surface area contributed by atoms with Gasteiger partial charge in [0.1, 0.15) is 0 Å². The van der Waals surface area contributed by atoms with Crippen LogP contribution in [0.2, 0.25) is 5.02 Å². The van der Waals surface area contributed by atoms with Crippen molar-refractivity contribution in [3.63, 3.8) is 0 Å². The maximum Gasteiger partial charge on any atom is 0.0653 e. The third kappa shape index (κ3) is 1.66. The van der Waals surface area contributed by atoms with Gasteiger partial charge in [-0.2, -0.15) is 5.10 Å². The standard InChI is InChI=1S/C11H11ClN2/c1-7-3-4-9(6-10(7)12)11-5-8(2)13-14-11/h3-6H,1-2H3,(H,13,14). The summed E-state index contributed by atoms with van der Waals surface area (Å²) in [5, 5.41) is 7.82. The Kier molecular flexibility index (Phi) is 2.30. The molecule has 0 saturated heterocycles. The minimum Gasteiger partial charge on any atom is -0.278 e. The molecule has 3 heteroatoms. The first-order chi connectivity index (χ1) is 6.66. The van der Waals surface area contributed by atoms with Gasteiger partial charge in [-0.15, -0.1) is 0 Å².